The molecule has 8 unspecified atom stereocenters. The largest absolute Gasteiger partial charge is 0.397 e. The molecule has 2 heteroatoms. The van der Waals surface area contributed by atoms with Gasteiger partial charge in [-0.05, 0) is 86.9 Å². The van der Waals surface area contributed by atoms with E-state index in [0.29, 0.717) is 0 Å². The molecule has 4 saturated carbocycles. The molecule has 0 amide bonds. The fourth-order valence-electron chi connectivity index (χ4n) is 6.70. The molecule has 4 rings (SSSR count). The van der Waals surface area contributed by atoms with E-state index in [9.17, 15) is 0 Å². The van der Waals surface area contributed by atoms with E-state index in [1.165, 1.54) is 23.7 Å². The van der Waals surface area contributed by atoms with Crippen molar-refractivity contribution in [3.05, 3.63) is 0 Å². The molecule has 0 aromatic heterocycles. The van der Waals surface area contributed by atoms with Gasteiger partial charge in [0.05, 0.1) is 0 Å². The maximum atomic E-state index is 7.57. The summed E-state index contributed by atoms with van der Waals surface area (Å²) in [5, 5.41) is 15.1. The highest BCUT2D eigenvalue weighted by Gasteiger charge is 2.62. The summed E-state index contributed by atoms with van der Waals surface area (Å²) in [4.78, 5) is 0. The first-order chi connectivity index (χ1) is 10.1. The van der Waals surface area contributed by atoms with Gasteiger partial charge >= 0.3 is 0 Å². The van der Waals surface area contributed by atoms with E-state index in [-0.39, 0.29) is 13.2 Å². The highest BCUT2D eigenvalue weighted by molar-refractivity contribution is 5.11. The van der Waals surface area contributed by atoms with Crippen molar-refractivity contribution < 1.29 is 10.2 Å². The lowest BCUT2D eigenvalue weighted by Gasteiger charge is -2.37. The molecule has 124 valence electrons. The van der Waals surface area contributed by atoms with Crippen LogP contribution in [0.5, 0.6) is 0 Å². The highest BCUT2D eigenvalue weighted by atomic mass is 16.3. The SMILES string of the molecule is CC1CC(C)C2C3CC(C4CCCC43)C12.CCO.CCO. The quantitative estimate of drug-likeness (QED) is 0.710. The van der Waals surface area contributed by atoms with Crippen LogP contribution in [0.25, 0.3) is 0 Å². The van der Waals surface area contributed by atoms with Crippen molar-refractivity contribution in [3.63, 3.8) is 0 Å². The molecular formula is C19H36O2. The second-order valence-corrected chi connectivity index (χ2v) is 7.80. The predicted octanol–water partition coefficient (Wildman–Crippen LogP) is 3.96. The number of hydrogen-bond acceptors (Lipinski definition) is 2. The maximum absolute atomic E-state index is 7.57. The van der Waals surface area contributed by atoms with Crippen molar-refractivity contribution in [1.82, 2.24) is 0 Å². The van der Waals surface area contributed by atoms with Gasteiger partial charge in [0, 0.05) is 13.2 Å². The molecule has 0 saturated heterocycles. The summed E-state index contributed by atoms with van der Waals surface area (Å²) in [6.45, 7) is 8.96. The average molecular weight is 296 g/mol. The van der Waals surface area contributed by atoms with E-state index in [2.05, 4.69) is 13.8 Å². The molecule has 0 heterocycles. The molecule has 0 aliphatic heterocycles. The van der Waals surface area contributed by atoms with Crippen molar-refractivity contribution in [3.8, 4) is 0 Å². The van der Waals surface area contributed by atoms with E-state index in [0.717, 1.165) is 23.7 Å². The monoisotopic (exact) mass is 296 g/mol. The molecule has 21 heavy (non-hydrogen) atoms. The molecule has 2 bridgehead atoms. The molecule has 2 N–H and O–H groups in total. The van der Waals surface area contributed by atoms with Crippen molar-refractivity contribution in [2.45, 2.75) is 59.8 Å². The van der Waals surface area contributed by atoms with Gasteiger partial charge in [-0.2, -0.15) is 0 Å². The fraction of sp³-hybridized carbons (Fsp3) is 1.00. The number of aliphatic hydroxyl groups is 2. The first kappa shape index (κ1) is 17.3. The molecule has 0 radical (unpaired) electrons. The summed E-state index contributed by atoms with van der Waals surface area (Å²) in [5.41, 5.74) is 0. The van der Waals surface area contributed by atoms with Gasteiger partial charge in [0.15, 0.2) is 0 Å². The third-order valence-electron chi connectivity index (χ3n) is 6.76. The average Bonchev–Trinajstić information content (AvgIpc) is 3.14. The minimum atomic E-state index is 0.250. The Hall–Kier alpha value is -0.0800. The zero-order chi connectivity index (χ0) is 15.6. The molecule has 0 aromatic carbocycles. The van der Waals surface area contributed by atoms with Crippen LogP contribution in [0.1, 0.15) is 59.8 Å². The molecule has 0 spiro atoms. The van der Waals surface area contributed by atoms with Gasteiger partial charge in [-0.25, -0.2) is 0 Å². The van der Waals surface area contributed by atoms with Gasteiger partial charge < -0.3 is 10.2 Å². The van der Waals surface area contributed by atoms with Crippen LogP contribution >= 0.6 is 0 Å². The topological polar surface area (TPSA) is 40.5 Å². The lowest BCUT2D eigenvalue weighted by atomic mass is 9.68. The van der Waals surface area contributed by atoms with Crippen LogP contribution in [0, 0.1) is 47.3 Å². The normalized spacial score (nSPS) is 48.9. The van der Waals surface area contributed by atoms with Gasteiger partial charge in [0.2, 0.25) is 0 Å². The Morgan fingerprint density at radius 2 is 1.10 bits per heavy atom. The summed E-state index contributed by atoms with van der Waals surface area (Å²) >= 11 is 0. The van der Waals surface area contributed by atoms with E-state index < -0.39 is 0 Å². The van der Waals surface area contributed by atoms with Crippen LogP contribution < -0.4 is 0 Å². The summed E-state index contributed by atoms with van der Waals surface area (Å²) in [7, 11) is 0. The summed E-state index contributed by atoms with van der Waals surface area (Å²) in [6.07, 6.45) is 7.93. The summed E-state index contributed by atoms with van der Waals surface area (Å²) in [5.74, 6) is 9.14. The van der Waals surface area contributed by atoms with Crippen LogP contribution in [0.3, 0.4) is 0 Å². The van der Waals surface area contributed by atoms with Crippen LogP contribution in [0.4, 0.5) is 0 Å². The van der Waals surface area contributed by atoms with Gasteiger partial charge in [0.1, 0.15) is 0 Å². The Morgan fingerprint density at radius 1 is 0.714 bits per heavy atom. The van der Waals surface area contributed by atoms with Crippen LogP contribution in [0.2, 0.25) is 0 Å². The Morgan fingerprint density at radius 3 is 1.48 bits per heavy atom. The maximum Gasteiger partial charge on any atom is 0.0402 e. The second-order valence-electron chi connectivity index (χ2n) is 7.80. The van der Waals surface area contributed by atoms with Crippen molar-refractivity contribution in [1.29, 1.82) is 0 Å². The first-order valence-corrected chi connectivity index (χ1v) is 9.32. The van der Waals surface area contributed by atoms with Crippen LogP contribution in [-0.2, 0) is 0 Å². The third kappa shape index (κ3) is 3.03. The Bertz CT molecular complexity index is 289. The third-order valence-corrected chi connectivity index (χ3v) is 6.76. The summed E-state index contributed by atoms with van der Waals surface area (Å²) < 4.78 is 0. The van der Waals surface area contributed by atoms with E-state index in [4.69, 9.17) is 10.2 Å². The molecule has 4 aliphatic rings. The smallest absolute Gasteiger partial charge is 0.0402 e. The van der Waals surface area contributed by atoms with Gasteiger partial charge in [-0.1, -0.05) is 20.3 Å². The van der Waals surface area contributed by atoms with E-state index >= 15 is 0 Å². The number of aliphatic hydroxyl groups excluding tert-OH is 2. The molecule has 4 fully saturated rings. The minimum absolute atomic E-state index is 0.250. The Balaban J connectivity index is 0.000000236. The van der Waals surface area contributed by atoms with Crippen molar-refractivity contribution >= 4 is 0 Å². The zero-order valence-electron chi connectivity index (χ0n) is 14.5. The van der Waals surface area contributed by atoms with Crippen LogP contribution in [-0.4, -0.2) is 23.4 Å². The van der Waals surface area contributed by atoms with Crippen molar-refractivity contribution in [2.24, 2.45) is 47.3 Å². The minimum Gasteiger partial charge on any atom is -0.397 e. The van der Waals surface area contributed by atoms with Crippen LogP contribution in [0.15, 0.2) is 0 Å². The molecule has 0 aromatic rings. The van der Waals surface area contributed by atoms with Gasteiger partial charge in [-0.15, -0.1) is 0 Å². The lowest BCUT2D eigenvalue weighted by molar-refractivity contribution is 0.104. The zero-order valence-corrected chi connectivity index (χ0v) is 14.5. The van der Waals surface area contributed by atoms with Gasteiger partial charge in [-0.3, -0.25) is 0 Å². The predicted molar refractivity (Wildman–Crippen MR) is 87.9 cm³/mol. The number of hydrogen-bond donors (Lipinski definition) is 2. The van der Waals surface area contributed by atoms with E-state index in [1.807, 2.05) is 0 Å². The Labute approximate surface area is 131 Å². The summed E-state index contributed by atoms with van der Waals surface area (Å²) in [6, 6.07) is 0. The first-order valence-electron chi connectivity index (χ1n) is 9.32. The Kier molecular flexibility index (Phi) is 6.14. The van der Waals surface area contributed by atoms with Crippen molar-refractivity contribution in [2.75, 3.05) is 13.2 Å². The second kappa shape index (κ2) is 7.46. The fourth-order valence-corrected chi connectivity index (χ4v) is 6.70. The lowest BCUT2D eigenvalue weighted by Crippen LogP contribution is -2.32. The number of rotatable bonds is 0. The highest BCUT2D eigenvalue weighted by Crippen LogP contribution is 2.69. The molecular weight excluding hydrogens is 260 g/mol. The molecule has 2 nitrogen and oxygen atoms in total. The van der Waals surface area contributed by atoms with E-state index in [1.54, 1.807) is 46.0 Å². The van der Waals surface area contributed by atoms with Gasteiger partial charge in [0.25, 0.3) is 0 Å². The standard InChI is InChI=1S/C15H24.2C2H6O/c1-8-6-9(2)15-13-7-12(14(8)15)10-4-3-5-11(10)13;2*1-2-3/h8-15H,3-7H2,1-2H3;2*3H,2H2,1H3. The molecule has 8 atom stereocenters. The number of fused-ring (bicyclic) bond motifs is 8. The molecule has 4 aliphatic carbocycles.